The van der Waals surface area contributed by atoms with Crippen molar-refractivity contribution < 1.29 is 14.3 Å². The summed E-state index contributed by atoms with van der Waals surface area (Å²) < 4.78 is 5.78. The van der Waals surface area contributed by atoms with Gasteiger partial charge in [-0.1, -0.05) is 25.1 Å². The number of carbonyl (C=O) groups is 2. The van der Waals surface area contributed by atoms with Crippen molar-refractivity contribution in [1.29, 1.82) is 0 Å². The van der Waals surface area contributed by atoms with E-state index in [2.05, 4.69) is 5.32 Å². The van der Waals surface area contributed by atoms with Crippen LogP contribution in [0.4, 0.5) is 5.69 Å². The Morgan fingerprint density at radius 1 is 1.15 bits per heavy atom. The van der Waals surface area contributed by atoms with Gasteiger partial charge in [-0.05, 0) is 56.2 Å². The van der Waals surface area contributed by atoms with Gasteiger partial charge in [-0.25, -0.2) is 0 Å². The van der Waals surface area contributed by atoms with Gasteiger partial charge < -0.3 is 10.1 Å². The van der Waals surface area contributed by atoms with Crippen LogP contribution in [-0.2, 0) is 9.59 Å². The van der Waals surface area contributed by atoms with Crippen LogP contribution in [0.5, 0.6) is 11.5 Å². The summed E-state index contributed by atoms with van der Waals surface area (Å²) in [5.74, 6) is 1.33. The fourth-order valence-electron chi connectivity index (χ4n) is 3.00. The Bertz CT molecular complexity index is 759. The van der Waals surface area contributed by atoms with Crippen molar-refractivity contribution in [3.05, 3.63) is 54.6 Å². The first kappa shape index (κ1) is 18.0. The van der Waals surface area contributed by atoms with Crippen LogP contribution in [0.25, 0.3) is 0 Å². The Kier molecular flexibility index (Phi) is 5.56. The van der Waals surface area contributed by atoms with E-state index >= 15 is 0 Å². The van der Waals surface area contributed by atoms with E-state index in [4.69, 9.17) is 4.74 Å². The lowest BCUT2D eigenvalue weighted by Gasteiger charge is -2.25. The quantitative estimate of drug-likeness (QED) is 0.858. The fraction of sp³-hybridized carbons (Fsp3) is 0.333. The highest BCUT2D eigenvalue weighted by Crippen LogP contribution is 2.30. The van der Waals surface area contributed by atoms with Crippen molar-refractivity contribution in [2.75, 3.05) is 4.90 Å². The summed E-state index contributed by atoms with van der Waals surface area (Å²) in [6, 6.07) is 16.4. The lowest BCUT2D eigenvalue weighted by molar-refractivity contribution is -0.124. The summed E-state index contributed by atoms with van der Waals surface area (Å²) in [6.07, 6.45) is 1.79. The van der Waals surface area contributed by atoms with Crippen LogP contribution in [0.2, 0.25) is 0 Å². The summed E-state index contributed by atoms with van der Waals surface area (Å²) in [5.41, 5.74) is 0.720. The number of ether oxygens (including phenoxy) is 1. The summed E-state index contributed by atoms with van der Waals surface area (Å²) in [4.78, 5) is 26.5. The van der Waals surface area contributed by atoms with Crippen LogP contribution in [-0.4, -0.2) is 23.9 Å². The maximum absolute atomic E-state index is 12.5. The topological polar surface area (TPSA) is 58.6 Å². The van der Waals surface area contributed by atoms with E-state index in [0.717, 1.165) is 17.9 Å². The molecule has 1 aliphatic heterocycles. The van der Waals surface area contributed by atoms with Gasteiger partial charge in [0.15, 0.2) is 0 Å². The minimum Gasteiger partial charge on any atom is -0.457 e. The summed E-state index contributed by atoms with van der Waals surface area (Å²) in [5, 5.41) is 2.98. The molecule has 0 radical (unpaired) electrons. The zero-order valence-corrected chi connectivity index (χ0v) is 15.1. The molecule has 1 fully saturated rings. The van der Waals surface area contributed by atoms with Crippen molar-refractivity contribution in [3.63, 3.8) is 0 Å². The molecule has 0 bridgehead atoms. The number of anilines is 1. The van der Waals surface area contributed by atoms with Crippen molar-refractivity contribution >= 4 is 17.5 Å². The highest BCUT2D eigenvalue weighted by Gasteiger charge is 2.37. The average molecular weight is 352 g/mol. The number of amides is 2. The number of hydrogen-bond acceptors (Lipinski definition) is 3. The van der Waals surface area contributed by atoms with Gasteiger partial charge in [-0.3, -0.25) is 14.5 Å². The van der Waals surface area contributed by atoms with Gasteiger partial charge in [-0.2, -0.15) is 0 Å². The van der Waals surface area contributed by atoms with Crippen molar-refractivity contribution in [2.45, 2.75) is 45.2 Å². The second-order valence-corrected chi connectivity index (χ2v) is 6.55. The third-order valence-electron chi connectivity index (χ3n) is 4.61. The van der Waals surface area contributed by atoms with E-state index in [9.17, 15) is 9.59 Å². The molecule has 136 valence electrons. The Morgan fingerprint density at radius 2 is 1.81 bits per heavy atom. The van der Waals surface area contributed by atoms with Crippen LogP contribution in [0.1, 0.15) is 33.1 Å². The highest BCUT2D eigenvalue weighted by molar-refractivity contribution is 6.03. The van der Waals surface area contributed by atoms with Gasteiger partial charge in [0.2, 0.25) is 11.8 Å². The number of carbonyl (C=O) groups excluding carboxylic acids is 2. The van der Waals surface area contributed by atoms with Crippen LogP contribution >= 0.6 is 0 Å². The van der Waals surface area contributed by atoms with Crippen molar-refractivity contribution in [1.82, 2.24) is 5.32 Å². The third-order valence-corrected chi connectivity index (χ3v) is 4.61. The number of para-hydroxylation sites is 1. The minimum absolute atomic E-state index is 0.0222. The lowest BCUT2D eigenvalue weighted by Crippen LogP contribution is -2.47. The van der Waals surface area contributed by atoms with E-state index in [0.29, 0.717) is 18.6 Å². The van der Waals surface area contributed by atoms with Gasteiger partial charge in [0, 0.05) is 18.2 Å². The molecule has 1 heterocycles. The molecular formula is C21H24N2O3. The maximum Gasteiger partial charge on any atom is 0.243 e. The Hall–Kier alpha value is -2.82. The van der Waals surface area contributed by atoms with Crippen molar-refractivity contribution in [2.24, 2.45) is 0 Å². The maximum atomic E-state index is 12.5. The predicted molar refractivity (Wildman–Crippen MR) is 101 cm³/mol. The lowest BCUT2D eigenvalue weighted by atomic mass is 10.1. The SMILES string of the molecule is CCC(C)NC(=O)C1CCC(=O)N1c1ccc(Oc2ccccc2)cc1. The Balaban J connectivity index is 1.73. The molecule has 0 aliphatic carbocycles. The number of benzene rings is 2. The molecular weight excluding hydrogens is 328 g/mol. The molecule has 2 aromatic carbocycles. The van der Waals surface area contributed by atoms with Gasteiger partial charge in [-0.15, -0.1) is 0 Å². The first-order valence-corrected chi connectivity index (χ1v) is 9.04. The van der Waals surface area contributed by atoms with Crippen LogP contribution in [0, 0.1) is 0 Å². The van der Waals surface area contributed by atoms with Gasteiger partial charge in [0.25, 0.3) is 0 Å². The van der Waals surface area contributed by atoms with E-state index in [1.807, 2.05) is 68.4 Å². The normalized spacial score (nSPS) is 17.8. The fourth-order valence-corrected chi connectivity index (χ4v) is 3.00. The van der Waals surface area contributed by atoms with E-state index < -0.39 is 6.04 Å². The molecule has 1 saturated heterocycles. The van der Waals surface area contributed by atoms with E-state index in [1.54, 1.807) is 4.90 Å². The number of hydrogen-bond donors (Lipinski definition) is 1. The molecule has 2 amide bonds. The van der Waals surface area contributed by atoms with Crippen molar-refractivity contribution in [3.8, 4) is 11.5 Å². The molecule has 0 aromatic heterocycles. The second-order valence-electron chi connectivity index (χ2n) is 6.55. The molecule has 1 N–H and O–H groups in total. The number of nitrogens with one attached hydrogen (secondary N) is 1. The molecule has 0 spiro atoms. The van der Waals surface area contributed by atoms with Crippen LogP contribution in [0.15, 0.2) is 54.6 Å². The van der Waals surface area contributed by atoms with Crippen LogP contribution in [0.3, 0.4) is 0 Å². The Morgan fingerprint density at radius 3 is 2.46 bits per heavy atom. The number of nitrogens with zero attached hydrogens (tertiary/aromatic N) is 1. The molecule has 5 nitrogen and oxygen atoms in total. The minimum atomic E-state index is -0.447. The zero-order chi connectivity index (χ0) is 18.5. The average Bonchev–Trinajstić information content (AvgIpc) is 3.05. The van der Waals surface area contributed by atoms with Gasteiger partial charge in [0.05, 0.1) is 0 Å². The first-order valence-electron chi connectivity index (χ1n) is 9.04. The molecule has 0 saturated carbocycles. The first-order chi connectivity index (χ1) is 12.6. The molecule has 2 unspecified atom stereocenters. The summed E-state index contributed by atoms with van der Waals surface area (Å²) in [6.45, 7) is 3.99. The monoisotopic (exact) mass is 352 g/mol. The molecule has 3 rings (SSSR count). The summed E-state index contributed by atoms with van der Waals surface area (Å²) >= 11 is 0. The molecule has 26 heavy (non-hydrogen) atoms. The Labute approximate surface area is 154 Å². The largest absolute Gasteiger partial charge is 0.457 e. The van der Waals surface area contributed by atoms with E-state index in [1.165, 1.54) is 0 Å². The molecule has 1 aliphatic rings. The zero-order valence-electron chi connectivity index (χ0n) is 15.1. The molecule has 2 atom stereocenters. The van der Waals surface area contributed by atoms with Crippen LogP contribution < -0.4 is 15.0 Å². The van der Waals surface area contributed by atoms with Gasteiger partial charge in [0.1, 0.15) is 17.5 Å². The predicted octanol–water partition coefficient (Wildman–Crippen LogP) is 3.89. The summed E-state index contributed by atoms with van der Waals surface area (Å²) in [7, 11) is 0. The third kappa shape index (κ3) is 4.04. The number of rotatable bonds is 6. The van der Waals surface area contributed by atoms with E-state index in [-0.39, 0.29) is 17.9 Å². The second kappa shape index (κ2) is 8.04. The molecule has 5 heteroatoms. The standard InChI is InChI=1S/C21H24N2O3/c1-3-15(2)22-21(25)19-13-14-20(24)23(19)16-9-11-18(12-10-16)26-17-7-5-4-6-8-17/h4-12,15,19H,3,13-14H2,1-2H3,(H,22,25). The van der Waals surface area contributed by atoms with Gasteiger partial charge >= 0.3 is 0 Å². The molecule has 2 aromatic rings. The smallest absolute Gasteiger partial charge is 0.243 e. The highest BCUT2D eigenvalue weighted by atomic mass is 16.5.